The Morgan fingerprint density at radius 3 is 2.79 bits per heavy atom. The molecular formula is C21H25ClN2. The molecule has 3 heteroatoms. The number of allylic oxidation sites excluding steroid dienone is 2. The number of nitrogens with one attached hydrogen (secondary N) is 1. The summed E-state index contributed by atoms with van der Waals surface area (Å²) in [5, 5.41) is 3.38. The van der Waals surface area contributed by atoms with Crippen molar-refractivity contribution in [1.82, 2.24) is 4.98 Å². The maximum absolute atomic E-state index is 6.89. The number of halogens is 1. The molecule has 2 nitrogen and oxygen atoms in total. The number of benzene rings is 1. The summed E-state index contributed by atoms with van der Waals surface area (Å²) < 4.78 is 0. The molecule has 0 spiro atoms. The van der Waals surface area contributed by atoms with Crippen molar-refractivity contribution in [2.45, 2.75) is 38.0 Å². The molecule has 0 amide bonds. The van der Waals surface area contributed by atoms with Gasteiger partial charge in [-0.1, -0.05) is 32.1 Å². The van der Waals surface area contributed by atoms with Crippen LogP contribution in [0.1, 0.15) is 38.3 Å². The Labute approximate surface area is 149 Å². The van der Waals surface area contributed by atoms with Gasteiger partial charge in [-0.05, 0) is 30.4 Å². The summed E-state index contributed by atoms with van der Waals surface area (Å²) in [6, 6.07) is 6.58. The van der Waals surface area contributed by atoms with Gasteiger partial charge in [0.15, 0.2) is 0 Å². The molecule has 0 radical (unpaired) electrons. The Balaban J connectivity index is 2.15. The van der Waals surface area contributed by atoms with Crippen LogP contribution in [0.4, 0.5) is 0 Å². The van der Waals surface area contributed by atoms with E-state index in [1.54, 1.807) is 0 Å². The SMILES string of the molecule is C=CC1(C)C([NH2+][CH2-])=C2c3c[nH]c4cccc(c34)C(C)(C)C2CC1Cl. The number of hydrogen-bond acceptors (Lipinski definition) is 0. The van der Waals surface area contributed by atoms with Crippen molar-refractivity contribution in [2.24, 2.45) is 11.3 Å². The Morgan fingerprint density at radius 2 is 2.12 bits per heavy atom. The summed E-state index contributed by atoms with van der Waals surface area (Å²) in [6.45, 7) is 11.0. The third-order valence-electron chi connectivity index (χ3n) is 6.50. The van der Waals surface area contributed by atoms with Crippen molar-refractivity contribution in [3.05, 3.63) is 60.9 Å². The van der Waals surface area contributed by atoms with Gasteiger partial charge in [-0.15, -0.1) is 25.2 Å². The molecule has 1 aromatic carbocycles. The first-order valence-corrected chi connectivity index (χ1v) is 9.05. The van der Waals surface area contributed by atoms with Gasteiger partial charge in [0.1, 0.15) is 0 Å². The van der Waals surface area contributed by atoms with Gasteiger partial charge >= 0.3 is 0 Å². The van der Waals surface area contributed by atoms with Crippen molar-refractivity contribution < 1.29 is 5.32 Å². The van der Waals surface area contributed by atoms with E-state index in [4.69, 9.17) is 11.6 Å². The Bertz CT molecular complexity index is 873. The maximum atomic E-state index is 6.89. The summed E-state index contributed by atoms with van der Waals surface area (Å²) >= 11 is 6.89. The number of rotatable bonds is 2. The van der Waals surface area contributed by atoms with Gasteiger partial charge in [0.05, 0.1) is 16.5 Å². The Morgan fingerprint density at radius 1 is 1.38 bits per heavy atom. The molecule has 1 heterocycles. The second kappa shape index (κ2) is 5.00. The van der Waals surface area contributed by atoms with Crippen LogP contribution < -0.4 is 5.32 Å². The van der Waals surface area contributed by atoms with Crippen LogP contribution in [0.2, 0.25) is 0 Å². The molecule has 1 aromatic heterocycles. The van der Waals surface area contributed by atoms with Gasteiger partial charge in [-0.3, -0.25) is 0 Å². The lowest BCUT2D eigenvalue weighted by Gasteiger charge is -2.49. The molecule has 0 aliphatic heterocycles. The molecule has 3 atom stereocenters. The normalized spacial score (nSPS) is 31.2. The van der Waals surface area contributed by atoms with Crippen molar-refractivity contribution in [2.75, 3.05) is 0 Å². The van der Waals surface area contributed by atoms with E-state index in [9.17, 15) is 0 Å². The quantitative estimate of drug-likeness (QED) is 0.463. The highest BCUT2D eigenvalue weighted by Gasteiger charge is 2.52. The lowest BCUT2D eigenvalue weighted by atomic mass is 9.56. The van der Waals surface area contributed by atoms with Crippen LogP contribution in [0.25, 0.3) is 16.5 Å². The van der Waals surface area contributed by atoms with Gasteiger partial charge in [0, 0.05) is 34.2 Å². The van der Waals surface area contributed by atoms with Crippen LogP contribution in [0.15, 0.2) is 42.7 Å². The minimum atomic E-state index is -0.249. The summed E-state index contributed by atoms with van der Waals surface area (Å²) in [7, 11) is 4.13. The smallest absolute Gasteiger partial charge is 0.0948 e. The zero-order valence-corrected chi connectivity index (χ0v) is 15.4. The summed E-state index contributed by atoms with van der Waals surface area (Å²) in [5.41, 5.74) is 6.36. The highest BCUT2D eigenvalue weighted by Crippen LogP contribution is 2.58. The zero-order chi connectivity index (χ0) is 17.3. The van der Waals surface area contributed by atoms with Gasteiger partial charge in [-0.2, -0.15) is 0 Å². The van der Waals surface area contributed by atoms with Crippen LogP contribution in [-0.4, -0.2) is 10.4 Å². The highest BCUT2D eigenvalue weighted by molar-refractivity contribution is 6.22. The first-order chi connectivity index (χ1) is 11.4. The minimum Gasteiger partial charge on any atom is -0.448 e. The molecule has 3 N–H and O–H groups in total. The topological polar surface area (TPSA) is 32.4 Å². The Kier molecular flexibility index (Phi) is 3.33. The largest absolute Gasteiger partial charge is 0.448 e. The van der Waals surface area contributed by atoms with E-state index in [0.717, 1.165) is 6.42 Å². The third-order valence-corrected chi connectivity index (χ3v) is 7.13. The average Bonchev–Trinajstić information content (AvgIpc) is 2.99. The summed E-state index contributed by atoms with van der Waals surface area (Å²) in [5.74, 6) is 0.384. The Hall–Kier alpha value is -1.51. The molecule has 0 fully saturated rings. The number of alkyl halides is 1. The standard InChI is InChI=1S/C21H25ClN2/c1-6-21(4)16(22)10-14-18(19(21)23-5)12-11-24-15-9-7-8-13(17(12)15)20(14,2)3/h6-9,11,14,16,24H,1,5,10,23H2,2-4H3. The number of fused-ring (bicyclic) bond motifs is 2. The number of hydrogen-bond donors (Lipinski definition) is 2. The number of aromatic nitrogens is 1. The monoisotopic (exact) mass is 340 g/mol. The van der Waals surface area contributed by atoms with E-state index < -0.39 is 0 Å². The predicted octanol–water partition coefficient (Wildman–Crippen LogP) is 4.34. The lowest BCUT2D eigenvalue weighted by molar-refractivity contribution is -0.553. The molecule has 0 saturated heterocycles. The average molecular weight is 341 g/mol. The van der Waals surface area contributed by atoms with Crippen LogP contribution >= 0.6 is 11.6 Å². The minimum absolute atomic E-state index is 0.0238. The van der Waals surface area contributed by atoms with Crippen LogP contribution in [0, 0.1) is 18.4 Å². The fourth-order valence-electron chi connectivity index (χ4n) is 4.89. The molecule has 0 bridgehead atoms. The summed E-state index contributed by atoms with van der Waals surface area (Å²) in [4.78, 5) is 3.46. The van der Waals surface area contributed by atoms with Crippen molar-refractivity contribution in [3.63, 3.8) is 0 Å². The molecule has 2 aliphatic rings. The third kappa shape index (κ3) is 1.76. The van der Waals surface area contributed by atoms with Crippen molar-refractivity contribution >= 4 is 28.1 Å². The summed E-state index contributed by atoms with van der Waals surface area (Å²) in [6.07, 6.45) is 5.11. The van der Waals surface area contributed by atoms with E-state index in [-0.39, 0.29) is 16.2 Å². The maximum Gasteiger partial charge on any atom is 0.0948 e. The second-order valence-corrected chi connectivity index (χ2v) is 8.45. The van der Waals surface area contributed by atoms with E-state index >= 15 is 0 Å². The van der Waals surface area contributed by atoms with Crippen LogP contribution in [0.5, 0.6) is 0 Å². The van der Waals surface area contributed by atoms with Gasteiger partial charge in [0.25, 0.3) is 0 Å². The molecule has 126 valence electrons. The van der Waals surface area contributed by atoms with Gasteiger partial charge in [0.2, 0.25) is 0 Å². The van der Waals surface area contributed by atoms with Gasteiger partial charge in [-0.25, -0.2) is 0 Å². The fourth-order valence-corrected chi connectivity index (χ4v) is 5.28. The van der Waals surface area contributed by atoms with Crippen LogP contribution in [-0.2, 0) is 5.41 Å². The van der Waals surface area contributed by atoms with E-state index in [0.29, 0.717) is 5.92 Å². The molecule has 24 heavy (non-hydrogen) atoms. The number of H-pyrrole nitrogens is 1. The van der Waals surface area contributed by atoms with E-state index in [2.05, 4.69) is 63.8 Å². The van der Waals surface area contributed by atoms with Crippen molar-refractivity contribution in [3.8, 4) is 0 Å². The molecule has 2 aromatic rings. The van der Waals surface area contributed by atoms with Gasteiger partial charge < -0.3 is 10.3 Å². The number of aromatic amines is 1. The zero-order valence-electron chi connectivity index (χ0n) is 14.6. The predicted molar refractivity (Wildman–Crippen MR) is 102 cm³/mol. The first kappa shape index (κ1) is 16.0. The molecule has 2 aliphatic carbocycles. The van der Waals surface area contributed by atoms with Crippen molar-refractivity contribution in [1.29, 1.82) is 0 Å². The fraction of sp³-hybridized carbons (Fsp3) is 0.381. The molecule has 0 saturated carbocycles. The molecule has 3 unspecified atom stereocenters. The lowest BCUT2D eigenvalue weighted by Crippen LogP contribution is -2.79. The van der Waals surface area contributed by atoms with Crippen LogP contribution in [0.3, 0.4) is 0 Å². The van der Waals surface area contributed by atoms with E-state index in [1.807, 2.05) is 11.4 Å². The number of nitrogens with two attached hydrogens (primary N) is 1. The van der Waals surface area contributed by atoms with E-state index in [1.165, 1.54) is 33.3 Å². The number of quaternary nitrogens is 1. The second-order valence-electron chi connectivity index (χ2n) is 7.93. The first-order valence-electron chi connectivity index (χ1n) is 8.62. The molecular weight excluding hydrogens is 316 g/mol. The molecule has 4 rings (SSSR count). The highest BCUT2D eigenvalue weighted by atomic mass is 35.5.